The van der Waals surface area contributed by atoms with E-state index in [2.05, 4.69) is 5.32 Å². The van der Waals surface area contributed by atoms with Crippen LogP contribution in [0.4, 0.5) is 0 Å². The zero-order valence-corrected chi connectivity index (χ0v) is 17.1. The Hall–Kier alpha value is -1.64. The molecule has 27 heavy (non-hydrogen) atoms. The van der Waals surface area contributed by atoms with Crippen molar-refractivity contribution in [2.24, 2.45) is 0 Å². The number of carbonyl (C=O) groups excluding carboxylic acids is 2. The molecule has 0 spiro atoms. The maximum Gasteiger partial charge on any atom is 0.324 e. The molecule has 0 aromatic heterocycles. The number of ether oxygens (including phenoxy) is 1. The first-order chi connectivity index (χ1) is 12.8. The van der Waals surface area contributed by atoms with Crippen molar-refractivity contribution in [3.05, 3.63) is 29.3 Å². The third-order valence-corrected chi connectivity index (χ3v) is 6.77. The van der Waals surface area contributed by atoms with Gasteiger partial charge < -0.3 is 10.1 Å². The maximum absolute atomic E-state index is 12.8. The van der Waals surface area contributed by atoms with Crippen LogP contribution in [0.2, 0.25) is 5.02 Å². The van der Waals surface area contributed by atoms with E-state index in [0.29, 0.717) is 17.9 Å². The molecule has 1 atom stereocenters. The Labute approximate surface area is 165 Å². The van der Waals surface area contributed by atoms with Crippen LogP contribution in [0.3, 0.4) is 0 Å². The number of amides is 1. The molecule has 1 saturated heterocycles. The van der Waals surface area contributed by atoms with Gasteiger partial charge in [0.1, 0.15) is 6.04 Å². The second-order valence-corrected chi connectivity index (χ2v) is 8.74. The van der Waals surface area contributed by atoms with Crippen molar-refractivity contribution in [3.8, 4) is 0 Å². The van der Waals surface area contributed by atoms with E-state index in [4.69, 9.17) is 16.3 Å². The highest BCUT2D eigenvalue weighted by atomic mass is 35.5. The lowest BCUT2D eigenvalue weighted by atomic mass is 10.2. The zero-order valence-electron chi connectivity index (χ0n) is 15.5. The Bertz CT molecular complexity index is 762. The van der Waals surface area contributed by atoms with Crippen molar-refractivity contribution < 1.29 is 22.7 Å². The monoisotopic (exact) mass is 416 g/mol. The number of sulfonamides is 1. The third-order valence-electron chi connectivity index (χ3n) is 4.59. The highest BCUT2D eigenvalue weighted by Crippen LogP contribution is 2.27. The minimum Gasteiger partial charge on any atom is -0.454 e. The summed E-state index contributed by atoms with van der Waals surface area (Å²) in [6.45, 7) is 3.72. The van der Waals surface area contributed by atoms with E-state index in [1.165, 1.54) is 24.3 Å². The van der Waals surface area contributed by atoms with Crippen molar-refractivity contribution in [1.29, 1.82) is 0 Å². The van der Waals surface area contributed by atoms with Gasteiger partial charge in [0.2, 0.25) is 10.0 Å². The van der Waals surface area contributed by atoms with Crippen LogP contribution in [-0.2, 0) is 24.3 Å². The summed E-state index contributed by atoms with van der Waals surface area (Å²) >= 11 is 5.81. The van der Waals surface area contributed by atoms with Gasteiger partial charge in [0.15, 0.2) is 6.61 Å². The summed E-state index contributed by atoms with van der Waals surface area (Å²) in [5.41, 5.74) is 0. The molecule has 0 aliphatic carbocycles. The summed E-state index contributed by atoms with van der Waals surface area (Å²) in [7, 11) is -3.84. The van der Waals surface area contributed by atoms with Crippen molar-refractivity contribution in [2.45, 2.75) is 56.5 Å². The van der Waals surface area contributed by atoms with Crippen LogP contribution in [0, 0.1) is 0 Å². The fraction of sp³-hybridized carbons (Fsp3) is 0.556. The van der Waals surface area contributed by atoms with Crippen molar-refractivity contribution in [2.75, 3.05) is 13.2 Å². The predicted octanol–water partition coefficient (Wildman–Crippen LogP) is 2.34. The summed E-state index contributed by atoms with van der Waals surface area (Å²) in [5.74, 6) is -1.09. The molecule has 9 heteroatoms. The molecule has 1 aliphatic rings. The largest absolute Gasteiger partial charge is 0.454 e. The lowest BCUT2D eigenvalue weighted by Gasteiger charge is -2.23. The Balaban J connectivity index is 2.01. The molecule has 1 amide bonds. The highest BCUT2D eigenvalue weighted by molar-refractivity contribution is 7.89. The molecular weight excluding hydrogens is 392 g/mol. The minimum atomic E-state index is -3.84. The number of hydrogen-bond acceptors (Lipinski definition) is 5. The summed E-state index contributed by atoms with van der Waals surface area (Å²) in [5, 5.41) is 3.20. The summed E-state index contributed by atoms with van der Waals surface area (Å²) in [4.78, 5) is 24.3. The second kappa shape index (κ2) is 9.52. The molecule has 1 aliphatic heterocycles. The third kappa shape index (κ3) is 5.43. The van der Waals surface area contributed by atoms with Crippen molar-refractivity contribution in [3.63, 3.8) is 0 Å². The predicted molar refractivity (Wildman–Crippen MR) is 102 cm³/mol. The van der Waals surface area contributed by atoms with E-state index < -0.39 is 28.6 Å². The van der Waals surface area contributed by atoms with E-state index >= 15 is 0 Å². The maximum atomic E-state index is 12.8. The molecule has 1 N–H and O–H groups in total. The van der Waals surface area contributed by atoms with Crippen molar-refractivity contribution >= 4 is 33.5 Å². The number of esters is 1. The smallest absolute Gasteiger partial charge is 0.324 e. The first-order valence-corrected chi connectivity index (χ1v) is 10.8. The molecule has 1 aromatic carbocycles. The molecule has 1 aromatic rings. The Morgan fingerprint density at radius 3 is 2.48 bits per heavy atom. The fourth-order valence-corrected chi connectivity index (χ4v) is 4.77. The number of benzene rings is 1. The van der Waals surface area contributed by atoms with Crippen LogP contribution >= 0.6 is 11.6 Å². The molecule has 7 nitrogen and oxygen atoms in total. The molecule has 1 unspecified atom stereocenters. The summed E-state index contributed by atoms with van der Waals surface area (Å²) in [6.07, 6.45) is 2.48. The first kappa shape index (κ1) is 21.7. The van der Waals surface area contributed by atoms with Gasteiger partial charge in [-0.1, -0.05) is 25.4 Å². The number of halogens is 1. The van der Waals surface area contributed by atoms with Crippen LogP contribution in [0.1, 0.15) is 39.5 Å². The Kier molecular flexibility index (Phi) is 7.64. The van der Waals surface area contributed by atoms with Gasteiger partial charge in [-0.15, -0.1) is 0 Å². The van der Waals surface area contributed by atoms with Crippen LogP contribution in [0.25, 0.3) is 0 Å². The van der Waals surface area contributed by atoms with E-state index in [1.54, 1.807) is 0 Å². The fourth-order valence-electron chi connectivity index (χ4n) is 3.00. The van der Waals surface area contributed by atoms with Gasteiger partial charge in [-0.25, -0.2) is 8.42 Å². The molecule has 1 heterocycles. The Morgan fingerprint density at radius 2 is 1.89 bits per heavy atom. The number of carbonyl (C=O) groups is 2. The lowest BCUT2D eigenvalue weighted by molar-refractivity contribution is -0.151. The van der Waals surface area contributed by atoms with Gasteiger partial charge in [-0.3, -0.25) is 9.59 Å². The molecular formula is C18H25ClN2O5S. The van der Waals surface area contributed by atoms with Gasteiger partial charge in [0.25, 0.3) is 5.91 Å². The summed E-state index contributed by atoms with van der Waals surface area (Å²) < 4.78 is 31.9. The SMILES string of the molecule is CCC(CC)NC(=O)COC(=O)C1CCCN1S(=O)(=O)c1ccc(Cl)cc1. The number of rotatable bonds is 8. The summed E-state index contributed by atoms with van der Waals surface area (Å²) in [6, 6.07) is 4.89. The quantitative estimate of drug-likeness (QED) is 0.656. The van der Waals surface area contributed by atoms with E-state index in [-0.39, 0.29) is 23.4 Å². The van der Waals surface area contributed by atoms with Crippen LogP contribution < -0.4 is 5.32 Å². The second-order valence-electron chi connectivity index (χ2n) is 6.42. The molecule has 0 radical (unpaired) electrons. The zero-order chi connectivity index (χ0) is 20.0. The van der Waals surface area contributed by atoms with E-state index in [1.807, 2.05) is 13.8 Å². The van der Waals surface area contributed by atoms with Crippen molar-refractivity contribution in [1.82, 2.24) is 9.62 Å². The topological polar surface area (TPSA) is 92.8 Å². The van der Waals surface area contributed by atoms with Crippen LogP contribution in [0.5, 0.6) is 0 Å². The first-order valence-electron chi connectivity index (χ1n) is 9.03. The van der Waals surface area contributed by atoms with Gasteiger partial charge in [-0.2, -0.15) is 4.31 Å². The van der Waals surface area contributed by atoms with E-state index in [0.717, 1.165) is 17.1 Å². The minimum absolute atomic E-state index is 0.0319. The standard InChI is InChI=1S/C18H25ClN2O5S/c1-3-14(4-2)20-17(22)12-26-18(23)16-6-5-11-21(16)27(24,25)15-9-7-13(19)8-10-15/h7-10,14,16H,3-6,11-12H2,1-2H3,(H,20,22). The lowest BCUT2D eigenvalue weighted by Crippen LogP contribution is -2.43. The average Bonchev–Trinajstić information content (AvgIpc) is 3.15. The molecule has 2 rings (SSSR count). The van der Waals surface area contributed by atoms with Gasteiger partial charge in [0.05, 0.1) is 4.90 Å². The van der Waals surface area contributed by atoms with Crippen LogP contribution in [-0.4, -0.2) is 49.8 Å². The van der Waals surface area contributed by atoms with E-state index in [9.17, 15) is 18.0 Å². The normalized spacial score (nSPS) is 17.9. The van der Waals surface area contributed by atoms with Gasteiger partial charge in [-0.05, 0) is 49.9 Å². The number of nitrogens with one attached hydrogen (secondary N) is 1. The van der Waals surface area contributed by atoms with Gasteiger partial charge >= 0.3 is 5.97 Å². The number of nitrogens with zero attached hydrogens (tertiary/aromatic N) is 1. The molecule has 0 saturated carbocycles. The number of hydrogen-bond donors (Lipinski definition) is 1. The van der Waals surface area contributed by atoms with Crippen LogP contribution in [0.15, 0.2) is 29.2 Å². The highest BCUT2D eigenvalue weighted by Gasteiger charge is 2.40. The molecule has 150 valence electrons. The average molecular weight is 417 g/mol. The van der Waals surface area contributed by atoms with Gasteiger partial charge in [0, 0.05) is 17.6 Å². The molecule has 1 fully saturated rings. The molecule has 0 bridgehead atoms. The Morgan fingerprint density at radius 1 is 1.26 bits per heavy atom.